The second kappa shape index (κ2) is 5.23. The van der Waals surface area contributed by atoms with Gasteiger partial charge in [0.1, 0.15) is 0 Å². The lowest BCUT2D eigenvalue weighted by molar-refractivity contribution is 0.244. The third-order valence-electron chi connectivity index (χ3n) is 2.69. The molecule has 1 aromatic rings. The Bertz CT molecular complexity index is 421. The average molecular weight is 234 g/mol. The molecule has 1 aromatic carbocycles. The van der Waals surface area contributed by atoms with Gasteiger partial charge in [0, 0.05) is 6.42 Å². The molecule has 3 nitrogen and oxygen atoms in total. The number of allylic oxidation sites excluding steroid dienone is 1. The lowest BCUT2D eigenvalue weighted by atomic mass is 10.1. The molecule has 2 rings (SSSR count). The predicted molar refractivity (Wildman–Crippen MR) is 67.4 cm³/mol. The molecule has 1 aliphatic heterocycles. The minimum absolute atomic E-state index is 0.439. The predicted octanol–water partition coefficient (Wildman–Crippen LogP) is 2.63. The number of aliphatic hydroxyl groups is 1. The number of rotatable bonds is 2. The first kappa shape index (κ1) is 12.0. The Kier molecular flexibility index (Phi) is 3.69. The van der Waals surface area contributed by atoms with E-state index in [-0.39, 0.29) is 0 Å². The van der Waals surface area contributed by atoms with E-state index in [1.54, 1.807) is 6.92 Å². The van der Waals surface area contributed by atoms with Crippen LogP contribution in [-0.4, -0.2) is 24.4 Å². The van der Waals surface area contributed by atoms with E-state index >= 15 is 0 Å². The SMILES string of the molecule is C/C(=C/C(C)O)c1ccc2c(c1)OCCCO2. The van der Waals surface area contributed by atoms with Crippen molar-refractivity contribution in [3.63, 3.8) is 0 Å². The van der Waals surface area contributed by atoms with E-state index in [1.807, 2.05) is 31.2 Å². The molecule has 0 bridgehead atoms. The van der Waals surface area contributed by atoms with Crippen molar-refractivity contribution in [2.75, 3.05) is 13.2 Å². The Morgan fingerprint density at radius 3 is 2.71 bits per heavy atom. The Morgan fingerprint density at radius 1 is 1.29 bits per heavy atom. The van der Waals surface area contributed by atoms with Crippen LogP contribution in [-0.2, 0) is 0 Å². The monoisotopic (exact) mass is 234 g/mol. The van der Waals surface area contributed by atoms with Crippen molar-refractivity contribution in [3.05, 3.63) is 29.8 Å². The zero-order chi connectivity index (χ0) is 12.3. The first-order valence-electron chi connectivity index (χ1n) is 5.93. The Labute approximate surface area is 102 Å². The molecule has 0 aliphatic carbocycles. The second-order valence-electron chi connectivity index (χ2n) is 4.30. The maximum Gasteiger partial charge on any atom is 0.161 e. The van der Waals surface area contributed by atoms with E-state index in [4.69, 9.17) is 9.47 Å². The standard InChI is InChI=1S/C14H18O3/c1-10(8-11(2)15)12-4-5-13-14(9-12)17-7-3-6-16-13/h4-5,8-9,11,15H,3,6-7H2,1-2H3/b10-8-. The van der Waals surface area contributed by atoms with Crippen LogP contribution in [0.25, 0.3) is 5.57 Å². The van der Waals surface area contributed by atoms with Gasteiger partial charge < -0.3 is 14.6 Å². The summed E-state index contributed by atoms with van der Waals surface area (Å²) in [4.78, 5) is 0. The fraction of sp³-hybridized carbons (Fsp3) is 0.429. The van der Waals surface area contributed by atoms with Gasteiger partial charge in [-0.15, -0.1) is 0 Å². The zero-order valence-electron chi connectivity index (χ0n) is 10.3. The largest absolute Gasteiger partial charge is 0.490 e. The molecule has 3 heteroatoms. The van der Waals surface area contributed by atoms with Gasteiger partial charge in [0.05, 0.1) is 19.3 Å². The number of benzene rings is 1. The van der Waals surface area contributed by atoms with Gasteiger partial charge in [-0.25, -0.2) is 0 Å². The Morgan fingerprint density at radius 2 is 2.00 bits per heavy atom. The van der Waals surface area contributed by atoms with Crippen LogP contribution in [0, 0.1) is 0 Å². The van der Waals surface area contributed by atoms with Gasteiger partial charge in [0.2, 0.25) is 0 Å². The van der Waals surface area contributed by atoms with E-state index in [9.17, 15) is 5.11 Å². The molecule has 17 heavy (non-hydrogen) atoms. The van der Waals surface area contributed by atoms with Crippen molar-refractivity contribution in [3.8, 4) is 11.5 Å². The van der Waals surface area contributed by atoms with Crippen LogP contribution < -0.4 is 9.47 Å². The van der Waals surface area contributed by atoms with Crippen molar-refractivity contribution >= 4 is 5.57 Å². The van der Waals surface area contributed by atoms with Crippen LogP contribution in [0.4, 0.5) is 0 Å². The van der Waals surface area contributed by atoms with Crippen LogP contribution in [0.5, 0.6) is 11.5 Å². The number of hydrogen-bond acceptors (Lipinski definition) is 3. The van der Waals surface area contributed by atoms with Crippen LogP contribution in [0.3, 0.4) is 0 Å². The minimum Gasteiger partial charge on any atom is -0.490 e. The highest BCUT2D eigenvalue weighted by Crippen LogP contribution is 2.32. The molecule has 1 N–H and O–H groups in total. The fourth-order valence-corrected chi connectivity index (χ4v) is 1.87. The first-order valence-corrected chi connectivity index (χ1v) is 5.93. The third-order valence-corrected chi connectivity index (χ3v) is 2.69. The molecule has 92 valence electrons. The molecule has 0 saturated carbocycles. The van der Waals surface area contributed by atoms with Gasteiger partial charge in [-0.2, -0.15) is 0 Å². The van der Waals surface area contributed by atoms with Gasteiger partial charge in [0.15, 0.2) is 11.5 Å². The highest BCUT2D eigenvalue weighted by molar-refractivity contribution is 5.67. The van der Waals surface area contributed by atoms with Gasteiger partial charge in [0.25, 0.3) is 0 Å². The fourth-order valence-electron chi connectivity index (χ4n) is 1.87. The molecule has 0 fully saturated rings. The van der Waals surface area contributed by atoms with Crippen LogP contribution in [0.1, 0.15) is 25.8 Å². The number of aliphatic hydroxyl groups excluding tert-OH is 1. The Hall–Kier alpha value is -1.48. The summed E-state index contributed by atoms with van der Waals surface area (Å²) in [5.41, 5.74) is 2.09. The quantitative estimate of drug-likeness (QED) is 0.855. The van der Waals surface area contributed by atoms with E-state index in [2.05, 4.69) is 0 Å². The summed E-state index contributed by atoms with van der Waals surface area (Å²) in [6.07, 6.45) is 2.29. The normalized spacial score (nSPS) is 17.5. The molecule has 0 saturated heterocycles. The highest BCUT2D eigenvalue weighted by atomic mass is 16.5. The summed E-state index contributed by atoms with van der Waals surface area (Å²) in [6.45, 7) is 5.11. The summed E-state index contributed by atoms with van der Waals surface area (Å²) in [7, 11) is 0. The van der Waals surface area contributed by atoms with Crippen molar-refractivity contribution in [2.24, 2.45) is 0 Å². The molecular formula is C14H18O3. The summed E-state index contributed by atoms with van der Waals surface area (Å²) in [5.74, 6) is 1.59. The van der Waals surface area contributed by atoms with E-state index in [0.717, 1.165) is 29.1 Å². The van der Waals surface area contributed by atoms with E-state index in [0.29, 0.717) is 13.2 Å². The summed E-state index contributed by atoms with van der Waals surface area (Å²) < 4.78 is 11.2. The smallest absolute Gasteiger partial charge is 0.161 e. The van der Waals surface area contributed by atoms with Crippen LogP contribution >= 0.6 is 0 Å². The van der Waals surface area contributed by atoms with Gasteiger partial charge >= 0.3 is 0 Å². The summed E-state index contributed by atoms with van der Waals surface area (Å²) in [6, 6.07) is 5.88. The first-order chi connectivity index (χ1) is 8.16. The molecule has 1 atom stereocenters. The lowest BCUT2D eigenvalue weighted by Gasteiger charge is -2.10. The highest BCUT2D eigenvalue weighted by Gasteiger charge is 2.11. The van der Waals surface area contributed by atoms with Gasteiger partial charge in [-0.1, -0.05) is 12.1 Å². The van der Waals surface area contributed by atoms with Crippen molar-refractivity contribution in [1.29, 1.82) is 0 Å². The maximum absolute atomic E-state index is 9.34. The van der Waals surface area contributed by atoms with Gasteiger partial charge in [-0.05, 0) is 37.1 Å². The van der Waals surface area contributed by atoms with E-state index < -0.39 is 6.10 Å². The maximum atomic E-state index is 9.34. The summed E-state index contributed by atoms with van der Waals surface area (Å²) >= 11 is 0. The van der Waals surface area contributed by atoms with Crippen LogP contribution in [0.15, 0.2) is 24.3 Å². The molecule has 1 heterocycles. The molecule has 0 aromatic heterocycles. The number of hydrogen-bond donors (Lipinski definition) is 1. The molecule has 1 unspecified atom stereocenters. The molecule has 0 spiro atoms. The summed E-state index contributed by atoms with van der Waals surface area (Å²) in [5, 5.41) is 9.34. The Balaban J connectivity index is 2.29. The van der Waals surface area contributed by atoms with Crippen molar-refractivity contribution in [1.82, 2.24) is 0 Å². The number of fused-ring (bicyclic) bond motifs is 1. The topological polar surface area (TPSA) is 38.7 Å². The zero-order valence-corrected chi connectivity index (χ0v) is 10.3. The minimum atomic E-state index is -0.439. The molecular weight excluding hydrogens is 216 g/mol. The molecule has 1 aliphatic rings. The lowest BCUT2D eigenvalue weighted by Crippen LogP contribution is -1.97. The molecule has 0 radical (unpaired) electrons. The van der Waals surface area contributed by atoms with Crippen molar-refractivity contribution in [2.45, 2.75) is 26.4 Å². The second-order valence-corrected chi connectivity index (χ2v) is 4.30. The van der Waals surface area contributed by atoms with Crippen LogP contribution in [0.2, 0.25) is 0 Å². The molecule has 0 amide bonds. The average Bonchev–Trinajstić information content (AvgIpc) is 2.51. The van der Waals surface area contributed by atoms with E-state index in [1.165, 1.54) is 0 Å². The van der Waals surface area contributed by atoms with Gasteiger partial charge in [-0.3, -0.25) is 0 Å². The van der Waals surface area contributed by atoms with Crippen molar-refractivity contribution < 1.29 is 14.6 Å². The number of ether oxygens (including phenoxy) is 2. The third kappa shape index (κ3) is 3.01.